The lowest BCUT2D eigenvalue weighted by molar-refractivity contribution is 0.557. The fraction of sp³-hybridized carbons (Fsp3) is 0.308. The van der Waals surface area contributed by atoms with E-state index < -0.39 is 0 Å². The zero-order valence-corrected chi connectivity index (χ0v) is 12.1. The number of benzene rings is 1. The molecule has 0 aliphatic carbocycles. The number of hydrogen-bond acceptors (Lipinski definition) is 2. The van der Waals surface area contributed by atoms with E-state index >= 15 is 0 Å². The van der Waals surface area contributed by atoms with Gasteiger partial charge in [0, 0.05) is 5.41 Å². The number of rotatable bonds is 1. The zero-order chi connectivity index (χ0) is 13.5. The molecule has 1 aromatic carbocycles. The maximum absolute atomic E-state index is 13.2. The third kappa shape index (κ3) is 2.27. The van der Waals surface area contributed by atoms with Crippen molar-refractivity contribution in [2.24, 2.45) is 0 Å². The summed E-state index contributed by atoms with van der Waals surface area (Å²) in [4.78, 5) is 0. The predicted octanol–water partition coefficient (Wildman–Crippen LogP) is 3.65. The average molecular weight is 312 g/mol. The van der Waals surface area contributed by atoms with Gasteiger partial charge in [0.1, 0.15) is 11.6 Å². The topological polar surface area (TPSA) is 43.8 Å². The van der Waals surface area contributed by atoms with E-state index in [4.69, 9.17) is 5.73 Å². The normalized spacial score (nSPS) is 11.8. The van der Waals surface area contributed by atoms with Crippen LogP contribution in [-0.4, -0.2) is 9.78 Å². The molecule has 96 valence electrons. The number of nitrogens with two attached hydrogens (primary N) is 1. The van der Waals surface area contributed by atoms with Crippen molar-refractivity contribution in [1.29, 1.82) is 0 Å². The molecule has 5 heteroatoms. The summed E-state index contributed by atoms with van der Waals surface area (Å²) in [7, 11) is 0. The first-order valence-electron chi connectivity index (χ1n) is 5.61. The van der Waals surface area contributed by atoms with Crippen LogP contribution >= 0.6 is 15.9 Å². The Labute approximate surface area is 114 Å². The van der Waals surface area contributed by atoms with Gasteiger partial charge in [-0.05, 0) is 34.1 Å². The van der Waals surface area contributed by atoms with Crippen molar-refractivity contribution in [2.45, 2.75) is 26.2 Å². The van der Waals surface area contributed by atoms with Gasteiger partial charge in [-0.15, -0.1) is 0 Å². The van der Waals surface area contributed by atoms with Crippen molar-refractivity contribution >= 4 is 21.7 Å². The maximum atomic E-state index is 13.2. The first-order valence-corrected chi connectivity index (χ1v) is 6.40. The Morgan fingerprint density at radius 1 is 1.33 bits per heavy atom. The van der Waals surface area contributed by atoms with Crippen LogP contribution in [-0.2, 0) is 5.41 Å². The summed E-state index contributed by atoms with van der Waals surface area (Å²) in [5.41, 5.74) is 7.35. The fourth-order valence-electron chi connectivity index (χ4n) is 1.70. The Morgan fingerprint density at radius 2 is 2.00 bits per heavy atom. The first-order chi connectivity index (χ1) is 8.30. The van der Waals surface area contributed by atoms with Gasteiger partial charge in [0.15, 0.2) is 0 Å². The SMILES string of the molecule is CC(C)(C)c1nn(-c2cccc(F)c2)c(N)c1Br. The van der Waals surface area contributed by atoms with Crippen molar-refractivity contribution < 1.29 is 4.39 Å². The minimum atomic E-state index is -0.309. The first kappa shape index (κ1) is 13.1. The number of halogens is 2. The van der Waals surface area contributed by atoms with Crippen molar-refractivity contribution in [3.63, 3.8) is 0 Å². The van der Waals surface area contributed by atoms with Gasteiger partial charge in [-0.1, -0.05) is 26.8 Å². The number of nitrogens with zero attached hydrogens (tertiary/aromatic N) is 2. The van der Waals surface area contributed by atoms with Gasteiger partial charge in [-0.25, -0.2) is 9.07 Å². The molecule has 0 radical (unpaired) electrons. The van der Waals surface area contributed by atoms with Crippen molar-refractivity contribution in [3.8, 4) is 5.69 Å². The zero-order valence-electron chi connectivity index (χ0n) is 10.5. The molecule has 2 rings (SSSR count). The third-order valence-electron chi connectivity index (χ3n) is 2.62. The Bertz CT molecular complexity index is 584. The van der Waals surface area contributed by atoms with Crippen LogP contribution in [0.4, 0.5) is 10.2 Å². The van der Waals surface area contributed by atoms with Crippen LogP contribution in [0.25, 0.3) is 5.69 Å². The summed E-state index contributed by atoms with van der Waals surface area (Å²) < 4.78 is 15.5. The lowest BCUT2D eigenvalue weighted by Gasteiger charge is -2.15. The smallest absolute Gasteiger partial charge is 0.141 e. The number of hydrogen-bond donors (Lipinski definition) is 1. The van der Waals surface area contributed by atoms with Gasteiger partial charge >= 0.3 is 0 Å². The highest BCUT2D eigenvalue weighted by atomic mass is 79.9. The molecule has 2 aromatic rings. The van der Waals surface area contributed by atoms with Crippen molar-refractivity contribution in [2.75, 3.05) is 5.73 Å². The molecular weight excluding hydrogens is 297 g/mol. The summed E-state index contributed by atoms with van der Waals surface area (Å²) in [5, 5.41) is 4.47. The molecule has 0 saturated carbocycles. The van der Waals surface area contributed by atoms with Crippen LogP contribution in [0.3, 0.4) is 0 Å². The summed E-state index contributed by atoms with van der Waals surface area (Å²) in [5.74, 6) is 0.168. The van der Waals surface area contributed by atoms with Gasteiger partial charge in [0.2, 0.25) is 0 Å². The van der Waals surface area contributed by atoms with E-state index in [1.54, 1.807) is 16.8 Å². The largest absolute Gasteiger partial charge is 0.383 e. The minimum Gasteiger partial charge on any atom is -0.383 e. The lowest BCUT2D eigenvalue weighted by atomic mass is 9.92. The monoisotopic (exact) mass is 311 g/mol. The Hall–Kier alpha value is -1.36. The van der Waals surface area contributed by atoms with Crippen molar-refractivity contribution in [1.82, 2.24) is 9.78 Å². The molecular formula is C13H15BrFN3. The quantitative estimate of drug-likeness (QED) is 0.873. The molecule has 18 heavy (non-hydrogen) atoms. The predicted molar refractivity (Wildman–Crippen MR) is 74.3 cm³/mol. The Balaban J connectivity index is 2.60. The van der Waals surface area contributed by atoms with Gasteiger partial charge in [-0.3, -0.25) is 0 Å². The molecule has 0 aliphatic heterocycles. The fourth-order valence-corrected chi connectivity index (χ4v) is 2.54. The molecule has 1 aromatic heterocycles. The molecule has 2 N–H and O–H groups in total. The van der Waals surface area contributed by atoms with Gasteiger partial charge in [0.25, 0.3) is 0 Å². The van der Waals surface area contributed by atoms with Crippen LogP contribution in [0.15, 0.2) is 28.7 Å². The molecule has 0 unspecified atom stereocenters. The average Bonchev–Trinajstić information content (AvgIpc) is 2.55. The van der Waals surface area contributed by atoms with E-state index in [-0.39, 0.29) is 11.2 Å². The summed E-state index contributed by atoms with van der Waals surface area (Å²) in [6.45, 7) is 6.15. The van der Waals surface area contributed by atoms with E-state index in [0.717, 1.165) is 10.2 Å². The van der Waals surface area contributed by atoms with Crippen LogP contribution in [0.2, 0.25) is 0 Å². The highest BCUT2D eigenvalue weighted by Crippen LogP contribution is 2.34. The van der Waals surface area contributed by atoms with Gasteiger partial charge in [-0.2, -0.15) is 5.10 Å². The maximum Gasteiger partial charge on any atom is 0.141 e. The van der Waals surface area contributed by atoms with Crippen LogP contribution in [0.5, 0.6) is 0 Å². The highest BCUT2D eigenvalue weighted by molar-refractivity contribution is 9.10. The van der Waals surface area contributed by atoms with Gasteiger partial charge in [0.05, 0.1) is 15.9 Å². The van der Waals surface area contributed by atoms with Crippen LogP contribution < -0.4 is 5.73 Å². The Kier molecular flexibility index (Phi) is 3.19. The molecule has 3 nitrogen and oxygen atoms in total. The highest BCUT2D eigenvalue weighted by Gasteiger charge is 2.24. The van der Waals surface area contributed by atoms with E-state index in [2.05, 4.69) is 41.8 Å². The lowest BCUT2D eigenvalue weighted by Crippen LogP contribution is -2.13. The van der Waals surface area contributed by atoms with E-state index in [1.165, 1.54) is 12.1 Å². The Morgan fingerprint density at radius 3 is 2.50 bits per heavy atom. The molecule has 0 aliphatic rings. The third-order valence-corrected chi connectivity index (χ3v) is 3.41. The number of nitrogen functional groups attached to an aromatic ring is 1. The molecule has 0 fully saturated rings. The molecule has 0 saturated heterocycles. The summed E-state index contributed by atoms with van der Waals surface area (Å²) >= 11 is 3.45. The molecule has 0 amide bonds. The second-order valence-corrected chi connectivity index (χ2v) is 5.98. The van der Waals surface area contributed by atoms with E-state index in [0.29, 0.717) is 11.5 Å². The standard InChI is InChI=1S/C13H15BrFN3/c1-13(2,3)11-10(14)12(16)18(17-11)9-6-4-5-8(15)7-9/h4-7H,16H2,1-3H3. The minimum absolute atomic E-state index is 0.133. The van der Waals surface area contributed by atoms with E-state index in [1.807, 2.05) is 0 Å². The molecule has 0 spiro atoms. The number of anilines is 1. The summed E-state index contributed by atoms with van der Waals surface area (Å²) in [6, 6.07) is 6.20. The molecule has 0 bridgehead atoms. The molecule has 1 heterocycles. The van der Waals surface area contributed by atoms with Crippen LogP contribution in [0.1, 0.15) is 26.5 Å². The van der Waals surface area contributed by atoms with Gasteiger partial charge < -0.3 is 5.73 Å². The van der Waals surface area contributed by atoms with Crippen LogP contribution in [0, 0.1) is 5.82 Å². The summed E-state index contributed by atoms with van der Waals surface area (Å²) in [6.07, 6.45) is 0. The second kappa shape index (κ2) is 4.39. The van der Waals surface area contributed by atoms with E-state index in [9.17, 15) is 4.39 Å². The van der Waals surface area contributed by atoms with Crippen molar-refractivity contribution in [3.05, 3.63) is 40.2 Å². The molecule has 0 atom stereocenters. The number of aromatic nitrogens is 2. The second-order valence-electron chi connectivity index (χ2n) is 5.19.